The van der Waals surface area contributed by atoms with Gasteiger partial charge in [-0.3, -0.25) is 14.7 Å². The molecule has 1 amide bonds. The van der Waals surface area contributed by atoms with Crippen LogP contribution in [-0.2, 0) is 17.5 Å². The number of rotatable bonds is 5. The van der Waals surface area contributed by atoms with Crippen LogP contribution in [0.4, 0.5) is 18.9 Å². The average molecular weight is 536 g/mol. The van der Waals surface area contributed by atoms with E-state index in [2.05, 4.69) is 37.5 Å². The Morgan fingerprint density at radius 2 is 2.13 bits per heavy atom. The van der Waals surface area contributed by atoms with Gasteiger partial charge in [0.25, 0.3) is 5.91 Å². The third-order valence-corrected chi connectivity index (χ3v) is 6.87. The zero-order valence-corrected chi connectivity index (χ0v) is 21.4. The lowest BCUT2D eigenvalue weighted by Crippen LogP contribution is -2.44. The number of alkyl halides is 3. The number of fused-ring (bicyclic) bond motifs is 1. The molecule has 2 aliphatic rings. The van der Waals surface area contributed by atoms with E-state index in [0.717, 1.165) is 25.5 Å². The summed E-state index contributed by atoms with van der Waals surface area (Å²) < 4.78 is 43.5. The molecule has 5 rings (SSSR count). The molecule has 39 heavy (non-hydrogen) atoms. The Bertz CT molecular complexity index is 1480. The number of halogens is 3. The number of carbonyl (C=O) groups excluding carboxylic acids is 1. The number of nitrogens with one attached hydrogen (secondary N) is 2. The molecule has 0 aliphatic carbocycles. The number of carbonyl (C=O) groups is 1. The second-order valence-electron chi connectivity index (χ2n) is 9.66. The normalized spacial score (nSPS) is 19.8. The Kier molecular flexibility index (Phi) is 7.77. The minimum absolute atomic E-state index is 0.0812. The smallest absolute Gasteiger partial charge is 0.322 e. The van der Waals surface area contributed by atoms with Crippen molar-refractivity contribution < 1.29 is 18.0 Å². The quantitative estimate of drug-likeness (QED) is 0.484. The molecular weight excluding hydrogens is 507 g/mol. The van der Waals surface area contributed by atoms with Gasteiger partial charge in [-0.15, -0.1) is 0 Å². The number of aliphatic imine (C=N–C) groups is 1. The zero-order valence-electron chi connectivity index (χ0n) is 21.4. The molecule has 0 bridgehead atoms. The summed E-state index contributed by atoms with van der Waals surface area (Å²) >= 11 is 0. The summed E-state index contributed by atoms with van der Waals surface area (Å²) in [6.07, 6.45) is 3.97. The number of aromatic nitrogens is 3. The van der Waals surface area contributed by atoms with E-state index >= 15 is 0 Å². The van der Waals surface area contributed by atoms with Crippen LogP contribution in [0.2, 0.25) is 0 Å². The van der Waals surface area contributed by atoms with Gasteiger partial charge in [0.05, 0.1) is 17.7 Å². The molecule has 202 valence electrons. The molecule has 0 saturated carbocycles. The molecule has 8 nitrogen and oxygen atoms in total. The molecule has 2 atom stereocenters. The van der Waals surface area contributed by atoms with Crippen molar-refractivity contribution in [3.8, 4) is 11.8 Å². The Morgan fingerprint density at radius 1 is 1.26 bits per heavy atom. The van der Waals surface area contributed by atoms with E-state index in [4.69, 9.17) is 0 Å². The molecule has 4 heterocycles. The number of likely N-dealkylation sites (tertiary alicyclic amines) is 1. The first-order valence-corrected chi connectivity index (χ1v) is 12.7. The SMILES string of the molecule is CN[C@@H]1CCCN(Cc2ccc(NC(=O)C3=CN=CC(C#Cc4cnc5cccnn45)C3)cc2C(F)(F)F)C1. The van der Waals surface area contributed by atoms with E-state index < -0.39 is 17.6 Å². The minimum Gasteiger partial charge on any atom is -0.322 e. The van der Waals surface area contributed by atoms with E-state index in [0.29, 0.717) is 23.5 Å². The number of piperidine rings is 1. The van der Waals surface area contributed by atoms with E-state index in [1.807, 2.05) is 18.0 Å². The highest BCUT2D eigenvalue weighted by Gasteiger charge is 2.34. The van der Waals surface area contributed by atoms with Crippen LogP contribution in [-0.4, -0.2) is 57.8 Å². The molecular formula is C28H28F3N7O. The summed E-state index contributed by atoms with van der Waals surface area (Å²) in [5, 5.41) is 10.0. The van der Waals surface area contributed by atoms with Gasteiger partial charge in [-0.25, -0.2) is 9.50 Å². The number of hydrogen-bond acceptors (Lipinski definition) is 6. The molecule has 0 radical (unpaired) electrons. The summed E-state index contributed by atoms with van der Waals surface area (Å²) in [6.45, 7) is 1.64. The molecule has 1 aromatic carbocycles. The predicted molar refractivity (Wildman–Crippen MR) is 142 cm³/mol. The van der Waals surface area contributed by atoms with Gasteiger partial charge in [-0.05, 0) is 68.6 Å². The van der Waals surface area contributed by atoms with Crippen LogP contribution in [0.15, 0.2) is 59.5 Å². The van der Waals surface area contributed by atoms with Gasteiger partial charge in [0.2, 0.25) is 0 Å². The number of hydrogen-bond donors (Lipinski definition) is 2. The molecule has 2 aliphatic heterocycles. The lowest BCUT2D eigenvalue weighted by molar-refractivity contribution is -0.138. The van der Waals surface area contributed by atoms with Crippen molar-refractivity contribution >= 4 is 23.5 Å². The number of anilines is 1. The van der Waals surface area contributed by atoms with Crippen LogP contribution in [0.25, 0.3) is 5.65 Å². The van der Waals surface area contributed by atoms with Crippen molar-refractivity contribution in [2.24, 2.45) is 10.9 Å². The maximum atomic E-state index is 14.0. The van der Waals surface area contributed by atoms with Crippen LogP contribution in [0.5, 0.6) is 0 Å². The fourth-order valence-electron chi connectivity index (χ4n) is 4.84. The van der Waals surface area contributed by atoms with Gasteiger partial charge in [0.1, 0.15) is 5.69 Å². The monoisotopic (exact) mass is 535 g/mol. The Hall–Kier alpha value is -4.01. The molecule has 11 heteroatoms. The highest BCUT2D eigenvalue weighted by atomic mass is 19.4. The van der Waals surface area contributed by atoms with Crippen LogP contribution in [0.1, 0.15) is 36.1 Å². The average Bonchev–Trinajstić information content (AvgIpc) is 3.35. The van der Waals surface area contributed by atoms with E-state index in [1.165, 1.54) is 18.3 Å². The number of likely N-dealkylation sites (N-methyl/N-ethyl adjacent to an activating group) is 1. The number of nitrogens with zero attached hydrogens (tertiary/aromatic N) is 5. The maximum Gasteiger partial charge on any atom is 0.416 e. The van der Waals surface area contributed by atoms with Crippen molar-refractivity contribution in [3.05, 3.63) is 71.3 Å². The topological polar surface area (TPSA) is 86.9 Å². The minimum atomic E-state index is -4.55. The Balaban J connectivity index is 1.26. The molecule has 2 N–H and O–H groups in total. The standard InChI is InChI=1S/C28H28F3N7O/c1-32-23-4-3-11-37(18-23)17-20-7-8-22(13-25(20)28(29,30)31)36-27(39)21-12-19(14-33-15-21)6-9-24-16-34-26-5-2-10-35-38(24)26/h2,5,7-8,10,13-16,19,23,32H,3-4,11-12,17-18H2,1H3,(H,36,39)/t19?,23-/m1/s1. The highest BCUT2D eigenvalue weighted by molar-refractivity contribution is 6.04. The number of imidazole rings is 1. The van der Waals surface area contributed by atoms with Crippen molar-refractivity contribution in [2.75, 3.05) is 25.5 Å². The van der Waals surface area contributed by atoms with Crippen LogP contribution >= 0.6 is 0 Å². The fourth-order valence-corrected chi connectivity index (χ4v) is 4.84. The summed E-state index contributed by atoms with van der Waals surface area (Å²) in [5.41, 5.74) is 1.13. The number of amides is 1. The first-order chi connectivity index (χ1) is 18.8. The van der Waals surface area contributed by atoms with E-state index in [9.17, 15) is 18.0 Å². The van der Waals surface area contributed by atoms with E-state index in [-0.39, 0.29) is 36.2 Å². The van der Waals surface area contributed by atoms with Crippen molar-refractivity contribution in [2.45, 2.75) is 38.0 Å². The van der Waals surface area contributed by atoms with E-state index in [1.54, 1.807) is 29.2 Å². The van der Waals surface area contributed by atoms with Gasteiger partial charge >= 0.3 is 6.18 Å². The molecule has 0 spiro atoms. The lowest BCUT2D eigenvalue weighted by atomic mass is 9.98. The van der Waals surface area contributed by atoms with Gasteiger partial charge in [-0.2, -0.15) is 18.3 Å². The second kappa shape index (κ2) is 11.4. The third kappa shape index (κ3) is 6.35. The highest BCUT2D eigenvalue weighted by Crippen LogP contribution is 2.35. The molecule has 1 saturated heterocycles. The van der Waals surface area contributed by atoms with Crippen molar-refractivity contribution in [3.63, 3.8) is 0 Å². The maximum absolute atomic E-state index is 14.0. The summed E-state index contributed by atoms with van der Waals surface area (Å²) in [6, 6.07) is 7.84. The van der Waals surface area contributed by atoms with Gasteiger partial charge in [-0.1, -0.05) is 12.0 Å². The molecule has 1 fully saturated rings. The Morgan fingerprint density at radius 3 is 2.95 bits per heavy atom. The zero-order chi connectivity index (χ0) is 27.4. The first-order valence-electron chi connectivity index (χ1n) is 12.7. The summed E-state index contributed by atoms with van der Waals surface area (Å²) in [5.74, 6) is 5.24. The molecule has 2 aromatic heterocycles. The first kappa shape index (κ1) is 26.6. The lowest BCUT2D eigenvalue weighted by Gasteiger charge is -2.33. The largest absolute Gasteiger partial charge is 0.416 e. The molecule has 1 unspecified atom stereocenters. The fraction of sp³-hybridized carbons (Fsp3) is 0.357. The van der Waals surface area contributed by atoms with Gasteiger partial charge in [0, 0.05) is 49.0 Å². The Labute approximate surface area is 224 Å². The van der Waals surface area contributed by atoms with Crippen molar-refractivity contribution in [1.29, 1.82) is 0 Å². The van der Waals surface area contributed by atoms with Crippen LogP contribution in [0, 0.1) is 17.8 Å². The second-order valence-corrected chi connectivity index (χ2v) is 9.66. The number of benzene rings is 1. The van der Waals surface area contributed by atoms with Crippen molar-refractivity contribution in [1.82, 2.24) is 24.8 Å². The summed E-state index contributed by atoms with van der Waals surface area (Å²) in [4.78, 5) is 23.3. The predicted octanol–water partition coefficient (Wildman–Crippen LogP) is 3.90. The third-order valence-electron chi connectivity index (χ3n) is 6.87. The van der Waals surface area contributed by atoms with Gasteiger partial charge < -0.3 is 10.6 Å². The van der Waals surface area contributed by atoms with Crippen LogP contribution in [0.3, 0.4) is 0 Å². The van der Waals surface area contributed by atoms with Gasteiger partial charge in [0.15, 0.2) is 5.65 Å². The molecule has 3 aromatic rings. The van der Waals surface area contributed by atoms with Crippen LogP contribution < -0.4 is 10.6 Å². The summed E-state index contributed by atoms with van der Waals surface area (Å²) in [7, 11) is 1.87.